The van der Waals surface area contributed by atoms with Crippen LogP contribution < -0.4 is 14.4 Å². The summed E-state index contributed by atoms with van der Waals surface area (Å²) in [5.74, 6) is 0.551. The molecule has 0 fully saturated rings. The van der Waals surface area contributed by atoms with Gasteiger partial charge in [-0.25, -0.2) is 0 Å². The first-order valence-corrected chi connectivity index (χ1v) is 5.59. The molecule has 0 saturated carbocycles. The summed E-state index contributed by atoms with van der Waals surface area (Å²) in [7, 11) is 0. The van der Waals surface area contributed by atoms with Crippen molar-refractivity contribution in [2.75, 3.05) is 0 Å². The van der Waals surface area contributed by atoms with Gasteiger partial charge in [-0.2, -0.15) is 0 Å². The fourth-order valence-corrected chi connectivity index (χ4v) is 2.00. The fourth-order valence-electron chi connectivity index (χ4n) is 2.00. The van der Waals surface area contributed by atoms with Gasteiger partial charge in [0, 0.05) is 30.1 Å². The maximum Gasteiger partial charge on any atom is 0.252 e. The zero-order chi connectivity index (χ0) is 12.0. The predicted molar refractivity (Wildman–Crippen MR) is 57.5 cm³/mol. The van der Waals surface area contributed by atoms with E-state index in [9.17, 15) is 5.21 Å². The van der Waals surface area contributed by atoms with Gasteiger partial charge in [-0.05, 0) is 4.90 Å². The molecular formula is C11H12N2O4. The highest BCUT2D eigenvalue weighted by Crippen LogP contribution is 2.43. The van der Waals surface area contributed by atoms with Gasteiger partial charge in [0.15, 0.2) is 11.5 Å². The molecule has 6 heteroatoms. The van der Waals surface area contributed by atoms with Crippen molar-refractivity contribution in [3.8, 4) is 11.5 Å². The Morgan fingerprint density at radius 3 is 2.53 bits per heavy atom. The Labute approximate surface area is 97.3 Å². The number of ether oxygens (including phenoxy) is 2. The first-order valence-electron chi connectivity index (χ1n) is 5.59. The van der Waals surface area contributed by atoms with Gasteiger partial charge in [0.25, 0.3) is 11.3 Å². The average molecular weight is 236 g/mol. The van der Waals surface area contributed by atoms with Crippen LogP contribution in [0.25, 0.3) is 11.0 Å². The lowest BCUT2D eigenvalue weighted by molar-refractivity contribution is -0.782. The van der Waals surface area contributed by atoms with E-state index in [1.807, 2.05) is 13.8 Å². The summed E-state index contributed by atoms with van der Waals surface area (Å²) in [5.41, 5.74) is 0.806. The molecule has 0 amide bonds. The third kappa shape index (κ3) is 1.33. The van der Waals surface area contributed by atoms with Gasteiger partial charge in [0.1, 0.15) is 0 Å². The molecule has 17 heavy (non-hydrogen) atoms. The van der Waals surface area contributed by atoms with Crippen molar-refractivity contribution in [3.63, 3.8) is 0 Å². The number of nitrogens with zero attached hydrogens (tertiary/aromatic N) is 2. The van der Waals surface area contributed by atoms with Gasteiger partial charge in [-0.3, -0.25) is 4.63 Å². The van der Waals surface area contributed by atoms with E-state index in [0.29, 0.717) is 27.4 Å². The summed E-state index contributed by atoms with van der Waals surface area (Å²) < 4.78 is 16.1. The Hall–Kier alpha value is -1.98. The highest BCUT2D eigenvalue weighted by molar-refractivity contribution is 5.76. The molecule has 0 bridgehead atoms. The van der Waals surface area contributed by atoms with E-state index in [4.69, 9.17) is 9.47 Å². The van der Waals surface area contributed by atoms with Crippen molar-refractivity contribution < 1.29 is 19.0 Å². The molecule has 1 aromatic heterocycles. The van der Waals surface area contributed by atoms with E-state index < -0.39 is 5.79 Å². The standard InChI is InChI=1S/C11H12N2O4/c1-3-11(4-2)15-9-5-7-8(6-10(9)16-11)13(14)17-12-7/h5-6H,3-4H2,1-2H3. The van der Waals surface area contributed by atoms with Gasteiger partial charge in [-0.15, -0.1) is 0 Å². The van der Waals surface area contributed by atoms with Crippen molar-refractivity contribution >= 4 is 11.0 Å². The summed E-state index contributed by atoms with van der Waals surface area (Å²) in [5, 5.41) is 14.9. The zero-order valence-electron chi connectivity index (χ0n) is 9.60. The van der Waals surface area contributed by atoms with Crippen LogP contribution in [0.5, 0.6) is 11.5 Å². The topological polar surface area (TPSA) is 71.4 Å². The van der Waals surface area contributed by atoms with Crippen molar-refractivity contribution in [3.05, 3.63) is 17.3 Å². The average Bonchev–Trinajstić information content (AvgIpc) is 2.88. The first-order chi connectivity index (χ1) is 8.17. The van der Waals surface area contributed by atoms with Crippen molar-refractivity contribution in [1.82, 2.24) is 5.16 Å². The lowest BCUT2D eigenvalue weighted by Crippen LogP contribution is -2.36. The van der Waals surface area contributed by atoms with E-state index in [-0.39, 0.29) is 0 Å². The highest BCUT2D eigenvalue weighted by Gasteiger charge is 2.39. The molecule has 90 valence electrons. The summed E-state index contributed by atoms with van der Waals surface area (Å²) >= 11 is 0. The molecular weight excluding hydrogens is 224 g/mol. The van der Waals surface area contributed by atoms with Crippen LogP contribution in [0.15, 0.2) is 16.8 Å². The maximum absolute atomic E-state index is 11.3. The first kappa shape index (κ1) is 10.2. The van der Waals surface area contributed by atoms with Crippen LogP contribution in [0.3, 0.4) is 0 Å². The van der Waals surface area contributed by atoms with E-state index >= 15 is 0 Å². The van der Waals surface area contributed by atoms with Crippen molar-refractivity contribution in [2.24, 2.45) is 0 Å². The number of hydrogen-bond acceptors (Lipinski definition) is 5. The van der Waals surface area contributed by atoms with E-state index in [2.05, 4.69) is 9.79 Å². The zero-order valence-corrected chi connectivity index (χ0v) is 9.60. The Balaban J connectivity index is 2.11. The summed E-state index contributed by atoms with van der Waals surface area (Å²) in [4.78, 5) is 0.358. The van der Waals surface area contributed by atoms with Crippen LogP contribution in [0, 0.1) is 5.21 Å². The second-order valence-corrected chi connectivity index (χ2v) is 4.04. The quantitative estimate of drug-likeness (QED) is 0.743. The van der Waals surface area contributed by atoms with Gasteiger partial charge in [0.2, 0.25) is 5.52 Å². The normalized spacial score (nSPS) is 16.6. The second kappa shape index (κ2) is 3.26. The number of fused-ring (bicyclic) bond motifs is 2. The molecule has 0 spiro atoms. The highest BCUT2D eigenvalue weighted by atomic mass is 16.8. The third-order valence-corrected chi connectivity index (χ3v) is 3.12. The second-order valence-electron chi connectivity index (χ2n) is 4.04. The van der Waals surface area contributed by atoms with Crippen molar-refractivity contribution in [2.45, 2.75) is 32.5 Å². The largest absolute Gasteiger partial charge is 0.448 e. The molecule has 1 aliphatic heterocycles. The smallest absolute Gasteiger partial charge is 0.252 e. The maximum atomic E-state index is 11.3. The Bertz CT molecular complexity index is 574. The van der Waals surface area contributed by atoms with E-state index in [0.717, 1.165) is 12.8 Å². The molecule has 2 aromatic rings. The number of benzene rings is 1. The van der Waals surface area contributed by atoms with E-state index in [1.54, 1.807) is 12.1 Å². The van der Waals surface area contributed by atoms with Crippen LogP contribution >= 0.6 is 0 Å². The monoisotopic (exact) mass is 236 g/mol. The molecule has 1 aliphatic rings. The minimum absolute atomic E-state index is 0.343. The third-order valence-electron chi connectivity index (χ3n) is 3.12. The van der Waals surface area contributed by atoms with Gasteiger partial charge >= 0.3 is 0 Å². The Kier molecular flexibility index (Phi) is 1.95. The molecule has 1 aromatic carbocycles. The molecule has 3 rings (SSSR count). The van der Waals surface area contributed by atoms with Gasteiger partial charge in [-0.1, -0.05) is 13.8 Å². The lowest BCUT2D eigenvalue weighted by Gasteiger charge is -2.24. The van der Waals surface area contributed by atoms with Crippen LogP contribution in [0.2, 0.25) is 0 Å². The molecule has 0 N–H and O–H groups in total. The number of rotatable bonds is 2. The van der Waals surface area contributed by atoms with Crippen LogP contribution in [0.1, 0.15) is 26.7 Å². The lowest BCUT2D eigenvalue weighted by atomic mass is 10.1. The predicted octanol–water partition coefficient (Wildman–Crippen LogP) is 1.75. The van der Waals surface area contributed by atoms with Gasteiger partial charge in [0.05, 0.1) is 0 Å². The molecule has 0 aliphatic carbocycles. The van der Waals surface area contributed by atoms with Gasteiger partial charge < -0.3 is 14.7 Å². The number of aromatic nitrogens is 2. The minimum Gasteiger partial charge on any atom is -0.448 e. The SMILES string of the molecule is CCC1(CC)Oc2cc3no[n+]([O-])c3cc2O1. The Morgan fingerprint density at radius 2 is 1.88 bits per heavy atom. The molecule has 0 saturated heterocycles. The molecule has 2 heterocycles. The molecule has 0 unspecified atom stereocenters. The van der Waals surface area contributed by atoms with Crippen LogP contribution in [-0.4, -0.2) is 10.9 Å². The molecule has 0 radical (unpaired) electrons. The number of hydrogen-bond donors (Lipinski definition) is 0. The molecule has 6 nitrogen and oxygen atoms in total. The summed E-state index contributed by atoms with van der Waals surface area (Å²) in [6.07, 6.45) is 1.47. The Morgan fingerprint density at radius 1 is 1.24 bits per heavy atom. The molecule has 0 atom stereocenters. The van der Waals surface area contributed by atoms with E-state index in [1.165, 1.54) is 0 Å². The summed E-state index contributed by atoms with van der Waals surface area (Å²) in [6.45, 7) is 3.99. The van der Waals surface area contributed by atoms with Crippen LogP contribution in [0.4, 0.5) is 0 Å². The van der Waals surface area contributed by atoms with Crippen molar-refractivity contribution in [1.29, 1.82) is 0 Å². The summed E-state index contributed by atoms with van der Waals surface area (Å²) in [6, 6.07) is 3.26. The van der Waals surface area contributed by atoms with Crippen LogP contribution in [-0.2, 0) is 0 Å². The fraction of sp³-hybridized carbons (Fsp3) is 0.455. The minimum atomic E-state index is -0.619.